The van der Waals surface area contributed by atoms with Gasteiger partial charge in [-0.15, -0.1) is 0 Å². The van der Waals surface area contributed by atoms with Crippen molar-refractivity contribution in [2.75, 3.05) is 0 Å². The third-order valence-corrected chi connectivity index (χ3v) is 1.75. The van der Waals surface area contributed by atoms with Crippen LogP contribution in [0.2, 0.25) is 0 Å². The number of benzene rings is 1. The van der Waals surface area contributed by atoms with E-state index in [0.717, 1.165) is 6.92 Å². The van der Waals surface area contributed by atoms with Crippen molar-refractivity contribution in [1.29, 1.82) is 5.26 Å². The monoisotopic (exact) mass is 196 g/mol. The van der Waals surface area contributed by atoms with Crippen LogP contribution < -0.4 is 0 Å². The molecule has 70 valence electrons. The Balaban J connectivity index is 3.78. The largest absolute Gasteiger partial charge is 0.235 e. The van der Waals surface area contributed by atoms with Gasteiger partial charge < -0.3 is 0 Å². The maximum atomic E-state index is 13.1. The lowest BCUT2D eigenvalue weighted by atomic mass is 10.1. The average molecular weight is 196 g/mol. The molecular formula is C9H3F3N2. The Morgan fingerprint density at radius 2 is 1.79 bits per heavy atom. The van der Waals surface area contributed by atoms with E-state index >= 15 is 0 Å². The van der Waals surface area contributed by atoms with Gasteiger partial charge in [0.2, 0.25) is 5.69 Å². The molecule has 0 heterocycles. The van der Waals surface area contributed by atoms with Gasteiger partial charge in [-0.1, -0.05) is 0 Å². The first kappa shape index (κ1) is 10.1. The summed E-state index contributed by atoms with van der Waals surface area (Å²) in [4.78, 5) is 2.70. The lowest BCUT2D eigenvalue weighted by Crippen LogP contribution is -1.98. The highest BCUT2D eigenvalue weighted by Crippen LogP contribution is 2.30. The second-order valence-corrected chi connectivity index (χ2v) is 2.51. The van der Waals surface area contributed by atoms with E-state index in [-0.39, 0.29) is 0 Å². The van der Waals surface area contributed by atoms with E-state index in [2.05, 4.69) is 4.85 Å². The van der Waals surface area contributed by atoms with Crippen LogP contribution in [0.15, 0.2) is 0 Å². The molecule has 0 radical (unpaired) electrons. The molecule has 1 aromatic carbocycles. The molecule has 0 aliphatic heterocycles. The first-order valence-electron chi connectivity index (χ1n) is 3.49. The Morgan fingerprint density at radius 3 is 2.21 bits per heavy atom. The molecule has 0 aliphatic rings. The van der Waals surface area contributed by atoms with Crippen molar-refractivity contribution >= 4 is 5.69 Å². The molecule has 2 nitrogen and oxygen atoms in total. The smallest absolute Gasteiger partial charge is 0.229 e. The van der Waals surface area contributed by atoms with Crippen LogP contribution in [0.1, 0.15) is 11.1 Å². The molecular weight excluding hydrogens is 193 g/mol. The fourth-order valence-electron chi connectivity index (χ4n) is 0.989. The van der Waals surface area contributed by atoms with Crippen molar-refractivity contribution in [3.63, 3.8) is 0 Å². The zero-order valence-corrected chi connectivity index (χ0v) is 7.03. The summed E-state index contributed by atoms with van der Waals surface area (Å²) in [5, 5.41) is 8.34. The summed E-state index contributed by atoms with van der Waals surface area (Å²) in [6.45, 7) is 7.63. The molecule has 0 saturated carbocycles. The molecule has 0 unspecified atom stereocenters. The van der Waals surface area contributed by atoms with Gasteiger partial charge in [0.05, 0.1) is 6.57 Å². The Bertz CT molecular complexity index is 439. The van der Waals surface area contributed by atoms with Crippen molar-refractivity contribution in [1.82, 2.24) is 0 Å². The number of rotatable bonds is 0. The quantitative estimate of drug-likeness (QED) is 0.463. The van der Waals surface area contributed by atoms with Gasteiger partial charge in [-0.25, -0.2) is 18.0 Å². The van der Waals surface area contributed by atoms with Crippen LogP contribution >= 0.6 is 0 Å². The minimum Gasteiger partial charge on any atom is -0.235 e. The minimum atomic E-state index is -1.55. The molecule has 1 aromatic rings. The van der Waals surface area contributed by atoms with Crippen LogP contribution in [0.5, 0.6) is 0 Å². The van der Waals surface area contributed by atoms with E-state index in [1.54, 1.807) is 0 Å². The maximum absolute atomic E-state index is 13.1. The van der Waals surface area contributed by atoms with Gasteiger partial charge >= 0.3 is 0 Å². The molecule has 5 heteroatoms. The number of halogens is 3. The molecule has 1 rings (SSSR count). The molecule has 0 fully saturated rings. The normalized spacial score (nSPS) is 9.29. The zero-order chi connectivity index (χ0) is 10.9. The Kier molecular flexibility index (Phi) is 2.44. The molecule has 0 amide bonds. The van der Waals surface area contributed by atoms with Gasteiger partial charge in [-0.2, -0.15) is 5.26 Å². The summed E-state index contributed by atoms with van der Waals surface area (Å²) in [6, 6.07) is 1.17. The van der Waals surface area contributed by atoms with Gasteiger partial charge in [-0.05, 0) is 12.5 Å². The summed E-state index contributed by atoms with van der Waals surface area (Å²) in [5.74, 6) is -4.21. The highest BCUT2D eigenvalue weighted by Gasteiger charge is 2.22. The molecule has 0 saturated heterocycles. The van der Waals surface area contributed by atoms with E-state index in [9.17, 15) is 13.2 Å². The Morgan fingerprint density at radius 1 is 1.21 bits per heavy atom. The Labute approximate surface area is 78.0 Å². The summed E-state index contributed by atoms with van der Waals surface area (Å²) in [7, 11) is 0. The zero-order valence-electron chi connectivity index (χ0n) is 7.03. The van der Waals surface area contributed by atoms with Gasteiger partial charge in [0.15, 0.2) is 17.5 Å². The van der Waals surface area contributed by atoms with Crippen molar-refractivity contribution in [3.05, 3.63) is 40.0 Å². The highest BCUT2D eigenvalue weighted by molar-refractivity contribution is 5.58. The van der Waals surface area contributed by atoms with Crippen LogP contribution in [-0.2, 0) is 0 Å². The third-order valence-electron chi connectivity index (χ3n) is 1.75. The van der Waals surface area contributed by atoms with Crippen molar-refractivity contribution in [3.8, 4) is 6.07 Å². The molecule has 0 bridgehead atoms. The van der Waals surface area contributed by atoms with Crippen LogP contribution in [0, 0.1) is 42.3 Å². The predicted octanol–water partition coefficient (Wildman–Crippen LogP) is 2.83. The lowest BCUT2D eigenvalue weighted by molar-refractivity contribution is 0.488. The minimum absolute atomic E-state index is 0.422. The SMILES string of the molecule is [C-]#[N+]c1c(C)c(F)c(F)c(C#N)c1F. The fraction of sp³-hybridized carbons (Fsp3) is 0.111. The van der Waals surface area contributed by atoms with E-state index in [0.29, 0.717) is 0 Å². The summed E-state index contributed by atoms with van der Waals surface area (Å²) in [6.07, 6.45) is 0. The molecule has 14 heavy (non-hydrogen) atoms. The molecule has 0 atom stereocenters. The van der Waals surface area contributed by atoms with E-state index in [1.165, 1.54) is 6.07 Å². The van der Waals surface area contributed by atoms with Crippen LogP contribution in [0.25, 0.3) is 4.85 Å². The summed E-state index contributed by atoms with van der Waals surface area (Å²) >= 11 is 0. The van der Waals surface area contributed by atoms with Crippen molar-refractivity contribution < 1.29 is 13.2 Å². The number of hydrogen-bond acceptors (Lipinski definition) is 1. The third kappa shape index (κ3) is 1.20. The molecule has 0 spiro atoms. The molecule has 0 aliphatic carbocycles. The van der Waals surface area contributed by atoms with Crippen molar-refractivity contribution in [2.24, 2.45) is 0 Å². The van der Waals surface area contributed by atoms with E-state index in [1.807, 2.05) is 0 Å². The van der Waals surface area contributed by atoms with Gasteiger partial charge in [0, 0.05) is 0 Å². The predicted molar refractivity (Wildman–Crippen MR) is 42.0 cm³/mol. The summed E-state index contributed by atoms with van der Waals surface area (Å²) in [5.41, 5.74) is -2.13. The van der Waals surface area contributed by atoms with Gasteiger partial charge in [0.1, 0.15) is 11.6 Å². The standard InChI is InChI=1S/C9H3F3N2/c1-4-6(10)7(11)5(3-13)8(12)9(4)14-2/h1H3. The topological polar surface area (TPSA) is 28.1 Å². The van der Waals surface area contributed by atoms with Gasteiger partial charge in [0.25, 0.3) is 0 Å². The van der Waals surface area contributed by atoms with Crippen LogP contribution in [0.3, 0.4) is 0 Å². The maximum Gasteiger partial charge on any atom is 0.229 e. The van der Waals surface area contributed by atoms with Gasteiger partial charge in [-0.3, -0.25) is 0 Å². The first-order chi connectivity index (χ1) is 6.54. The second kappa shape index (κ2) is 3.39. The molecule has 0 aromatic heterocycles. The fourth-order valence-corrected chi connectivity index (χ4v) is 0.989. The lowest BCUT2D eigenvalue weighted by Gasteiger charge is -2.04. The number of nitrogens with zero attached hydrogens (tertiary/aromatic N) is 2. The number of nitriles is 1. The number of hydrogen-bond donors (Lipinski definition) is 0. The second-order valence-electron chi connectivity index (χ2n) is 2.51. The van der Waals surface area contributed by atoms with Crippen LogP contribution in [-0.4, -0.2) is 0 Å². The van der Waals surface area contributed by atoms with E-state index < -0.39 is 34.3 Å². The molecule has 0 N–H and O–H groups in total. The average Bonchev–Trinajstić information content (AvgIpc) is 2.16. The van der Waals surface area contributed by atoms with Crippen LogP contribution in [0.4, 0.5) is 18.9 Å². The first-order valence-corrected chi connectivity index (χ1v) is 3.49. The Hall–Kier alpha value is -2.01. The highest BCUT2D eigenvalue weighted by atomic mass is 19.2. The van der Waals surface area contributed by atoms with Crippen molar-refractivity contribution in [2.45, 2.75) is 6.92 Å². The summed E-state index contributed by atoms with van der Waals surface area (Å²) < 4.78 is 39.0. The van der Waals surface area contributed by atoms with E-state index in [4.69, 9.17) is 11.8 Å².